The largest absolute Gasteiger partial charge is 0.442 e. The van der Waals surface area contributed by atoms with Gasteiger partial charge in [-0.15, -0.1) is 0 Å². The van der Waals surface area contributed by atoms with Crippen LogP contribution >= 0.6 is 0 Å². The number of fused-ring (bicyclic) bond motifs is 1. The molecule has 3 aliphatic rings. The van der Waals surface area contributed by atoms with Crippen molar-refractivity contribution in [2.75, 3.05) is 26.2 Å². The molecule has 0 N–H and O–H groups in total. The molecule has 0 aliphatic carbocycles. The van der Waals surface area contributed by atoms with Gasteiger partial charge in [0.2, 0.25) is 5.91 Å². The molecule has 3 saturated heterocycles. The standard InChI is InChI=1S/C19H29N5O3/c1-13(2)23-10-15(8-20-23)9-21-6-4-16(5-7-21)24-17-11-22(14(3)25)12-18(17)27-19(24)26/h8,10,13,16-18H,4-7,9,11-12H2,1-3H3/t17-,18+/m1/s1. The summed E-state index contributed by atoms with van der Waals surface area (Å²) in [4.78, 5) is 30.2. The van der Waals surface area contributed by atoms with Crippen LogP contribution in [-0.2, 0) is 16.1 Å². The van der Waals surface area contributed by atoms with Crippen molar-refractivity contribution >= 4 is 12.0 Å². The van der Waals surface area contributed by atoms with E-state index in [4.69, 9.17) is 4.74 Å². The van der Waals surface area contributed by atoms with Gasteiger partial charge in [0.1, 0.15) is 6.10 Å². The highest BCUT2D eigenvalue weighted by Crippen LogP contribution is 2.32. The monoisotopic (exact) mass is 375 g/mol. The SMILES string of the molecule is CC(=O)N1C[C@@H]2OC(=O)N(C3CCN(Cc4cnn(C(C)C)c4)CC3)[C@@H]2C1. The number of nitrogens with zero attached hydrogens (tertiary/aromatic N) is 5. The second-order valence-corrected chi connectivity index (χ2v) is 8.25. The lowest BCUT2D eigenvalue weighted by Crippen LogP contribution is -2.50. The van der Waals surface area contributed by atoms with Crippen LogP contribution in [-0.4, -0.2) is 80.8 Å². The topological polar surface area (TPSA) is 70.9 Å². The second kappa shape index (κ2) is 7.14. The lowest BCUT2D eigenvalue weighted by atomic mass is 10.0. The summed E-state index contributed by atoms with van der Waals surface area (Å²) in [5.41, 5.74) is 1.23. The Kier molecular flexibility index (Phi) is 4.84. The average Bonchev–Trinajstić information content (AvgIpc) is 3.30. The molecule has 8 heteroatoms. The van der Waals surface area contributed by atoms with Gasteiger partial charge in [0.15, 0.2) is 0 Å². The van der Waals surface area contributed by atoms with E-state index in [0.717, 1.165) is 32.5 Å². The van der Waals surface area contributed by atoms with Gasteiger partial charge >= 0.3 is 6.09 Å². The quantitative estimate of drug-likeness (QED) is 0.797. The molecule has 0 bridgehead atoms. The number of amides is 2. The summed E-state index contributed by atoms with van der Waals surface area (Å²) in [6, 6.07) is 0.593. The molecule has 1 aromatic rings. The predicted molar refractivity (Wildman–Crippen MR) is 99.1 cm³/mol. The Morgan fingerprint density at radius 2 is 2.04 bits per heavy atom. The van der Waals surface area contributed by atoms with Crippen LogP contribution < -0.4 is 0 Å². The summed E-state index contributed by atoms with van der Waals surface area (Å²) in [6.07, 6.45) is 5.58. The summed E-state index contributed by atoms with van der Waals surface area (Å²) < 4.78 is 7.54. The lowest BCUT2D eigenvalue weighted by Gasteiger charge is -2.37. The number of carbonyl (C=O) groups excluding carboxylic acids is 2. The van der Waals surface area contributed by atoms with E-state index >= 15 is 0 Å². The molecule has 3 aliphatic heterocycles. The molecular weight excluding hydrogens is 346 g/mol. The summed E-state index contributed by atoms with van der Waals surface area (Å²) in [5.74, 6) is 0.0529. The first-order valence-electron chi connectivity index (χ1n) is 9.92. The number of hydrogen-bond donors (Lipinski definition) is 0. The molecule has 0 radical (unpaired) electrons. The molecule has 148 valence electrons. The van der Waals surface area contributed by atoms with Crippen LogP contribution in [0.4, 0.5) is 4.79 Å². The Bertz CT molecular complexity index is 710. The molecule has 1 aromatic heterocycles. The van der Waals surface area contributed by atoms with Crippen molar-refractivity contribution in [1.82, 2.24) is 24.5 Å². The van der Waals surface area contributed by atoms with Crippen molar-refractivity contribution < 1.29 is 14.3 Å². The minimum Gasteiger partial charge on any atom is -0.442 e. The number of likely N-dealkylation sites (tertiary alicyclic amines) is 2. The van der Waals surface area contributed by atoms with E-state index in [-0.39, 0.29) is 30.2 Å². The number of carbonyl (C=O) groups is 2. The number of hydrogen-bond acceptors (Lipinski definition) is 5. The maximum absolute atomic E-state index is 12.4. The maximum atomic E-state index is 12.4. The van der Waals surface area contributed by atoms with Gasteiger partial charge in [-0.25, -0.2) is 4.79 Å². The maximum Gasteiger partial charge on any atom is 0.410 e. The zero-order chi connectivity index (χ0) is 19.1. The Morgan fingerprint density at radius 1 is 1.30 bits per heavy atom. The molecule has 27 heavy (non-hydrogen) atoms. The van der Waals surface area contributed by atoms with Crippen LogP contribution in [0, 0.1) is 0 Å². The first-order chi connectivity index (χ1) is 12.9. The van der Waals surface area contributed by atoms with Crippen molar-refractivity contribution in [3.8, 4) is 0 Å². The third kappa shape index (κ3) is 3.54. The van der Waals surface area contributed by atoms with E-state index < -0.39 is 0 Å². The van der Waals surface area contributed by atoms with Gasteiger partial charge in [0.05, 0.1) is 18.8 Å². The molecule has 0 aromatic carbocycles. The van der Waals surface area contributed by atoms with Crippen molar-refractivity contribution in [2.24, 2.45) is 0 Å². The van der Waals surface area contributed by atoms with Crippen LogP contribution in [0.2, 0.25) is 0 Å². The fourth-order valence-corrected chi connectivity index (χ4v) is 4.50. The fraction of sp³-hybridized carbons (Fsp3) is 0.737. The van der Waals surface area contributed by atoms with Crippen molar-refractivity contribution in [1.29, 1.82) is 0 Å². The average molecular weight is 375 g/mol. The van der Waals surface area contributed by atoms with Crippen LogP contribution in [0.1, 0.15) is 45.2 Å². The predicted octanol–water partition coefficient (Wildman–Crippen LogP) is 1.48. The molecule has 4 heterocycles. The third-order valence-corrected chi connectivity index (χ3v) is 6.04. The zero-order valence-corrected chi connectivity index (χ0v) is 16.4. The molecule has 3 fully saturated rings. The first kappa shape index (κ1) is 18.3. The van der Waals surface area contributed by atoms with Crippen molar-refractivity contribution in [2.45, 2.75) is 64.4 Å². The van der Waals surface area contributed by atoms with E-state index in [1.54, 1.807) is 11.8 Å². The zero-order valence-electron chi connectivity index (χ0n) is 16.4. The van der Waals surface area contributed by atoms with Gasteiger partial charge in [-0.05, 0) is 26.7 Å². The van der Waals surface area contributed by atoms with E-state index in [9.17, 15) is 9.59 Å². The summed E-state index contributed by atoms with van der Waals surface area (Å²) in [6.45, 7) is 9.76. The van der Waals surface area contributed by atoms with Crippen molar-refractivity contribution in [3.63, 3.8) is 0 Å². The summed E-state index contributed by atoms with van der Waals surface area (Å²) >= 11 is 0. The number of rotatable bonds is 4. The molecule has 2 amide bonds. The minimum absolute atomic E-state index is 0.0159. The highest BCUT2D eigenvalue weighted by Gasteiger charge is 2.50. The first-order valence-corrected chi connectivity index (χ1v) is 9.92. The lowest BCUT2D eigenvalue weighted by molar-refractivity contribution is -0.128. The second-order valence-electron chi connectivity index (χ2n) is 8.25. The minimum atomic E-state index is -0.204. The van der Waals surface area contributed by atoms with E-state index in [1.807, 2.05) is 15.8 Å². The molecule has 2 atom stereocenters. The number of piperidine rings is 1. The Labute approximate surface area is 160 Å². The van der Waals surface area contributed by atoms with Gasteiger partial charge in [0, 0.05) is 56.9 Å². The van der Waals surface area contributed by atoms with Gasteiger partial charge in [0.25, 0.3) is 0 Å². The van der Waals surface area contributed by atoms with Gasteiger partial charge < -0.3 is 9.64 Å². The van der Waals surface area contributed by atoms with Crippen LogP contribution in [0.3, 0.4) is 0 Å². The van der Waals surface area contributed by atoms with E-state index in [1.165, 1.54) is 5.56 Å². The van der Waals surface area contributed by atoms with Crippen LogP contribution in [0.25, 0.3) is 0 Å². The molecule has 0 spiro atoms. The molecule has 4 rings (SSSR count). The highest BCUT2D eigenvalue weighted by molar-refractivity contribution is 5.76. The molecular formula is C19H29N5O3. The normalized spacial score (nSPS) is 26.7. The fourth-order valence-electron chi connectivity index (χ4n) is 4.50. The van der Waals surface area contributed by atoms with E-state index in [0.29, 0.717) is 19.1 Å². The van der Waals surface area contributed by atoms with Crippen LogP contribution in [0.15, 0.2) is 12.4 Å². The van der Waals surface area contributed by atoms with E-state index in [2.05, 4.69) is 30.0 Å². The smallest absolute Gasteiger partial charge is 0.410 e. The van der Waals surface area contributed by atoms with Gasteiger partial charge in [-0.3, -0.25) is 19.3 Å². The van der Waals surface area contributed by atoms with Gasteiger partial charge in [-0.1, -0.05) is 0 Å². The third-order valence-electron chi connectivity index (χ3n) is 6.04. The Morgan fingerprint density at radius 3 is 2.67 bits per heavy atom. The highest BCUT2D eigenvalue weighted by atomic mass is 16.6. The number of ether oxygens (including phenoxy) is 1. The molecule has 0 saturated carbocycles. The van der Waals surface area contributed by atoms with Crippen LogP contribution in [0.5, 0.6) is 0 Å². The Balaban J connectivity index is 1.33. The summed E-state index contributed by atoms with van der Waals surface area (Å²) in [7, 11) is 0. The summed E-state index contributed by atoms with van der Waals surface area (Å²) in [5, 5.41) is 4.42. The number of aromatic nitrogens is 2. The molecule has 0 unspecified atom stereocenters. The Hall–Kier alpha value is -2.09. The van der Waals surface area contributed by atoms with Gasteiger partial charge in [-0.2, -0.15) is 5.10 Å². The molecule has 8 nitrogen and oxygen atoms in total. The van der Waals surface area contributed by atoms with Crippen molar-refractivity contribution in [3.05, 3.63) is 18.0 Å².